The monoisotopic (exact) mass is 818 g/mol. The quantitative estimate of drug-likeness (QED) is 0.0323. The van der Waals surface area contributed by atoms with E-state index in [1.807, 2.05) is 6.08 Å². The van der Waals surface area contributed by atoms with Gasteiger partial charge in [0.05, 0.1) is 25.4 Å². The van der Waals surface area contributed by atoms with Crippen LogP contribution in [0.25, 0.3) is 0 Å². The molecule has 3 N–H and O–H groups in total. The van der Waals surface area contributed by atoms with Crippen LogP contribution in [0.3, 0.4) is 0 Å². The van der Waals surface area contributed by atoms with E-state index in [0.717, 1.165) is 57.8 Å². The highest BCUT2D eigenvalue weighted by Gasteiger charge is 2.18. The first-order valence-corrected chi connectivity index (χ1v) is 25.6. The molecule has 6 nitrogen and oxygen atoms in total. The van der Waals surface area contributed by atoms with Crippen molar-refractivity contribution < 1.29 is 24.5 Å². The standard InChI is InChI=1S/C52H99NO5/c1-3-5-7-9-11-13-15-17-19-21-22-24-28-32-36-40-44-50(55)49(48-54)53-51(56)45-41-37-33-29-26-27-31-35-39-43-47-58-52(57)46-42-38-34-30-25-23-20-18-16-14-12-10-8-6-4-2/h18,20,40,44,49-50,54-55H,3-17,19,21-39,41-43,45-48H2,1-2H3,(H,53,56)/b20-18-,44-40+. The molecule has 0 radical (unpaired) electrons. The molecule has 0 aromatic carbocycles. The van der Waals surface area contributed by atoms with Crippen LogP contribution in [0.1, 0.15) is 271 Å². The Morgan fingerprint density at radius 2 is 0.810 bits per heavy atom. The van der Waals surface area contributed by atoms with Crippen molar-refractivity contribution in [3.8, 4) is 0 Å². The van der Waals surface area contributed by atoms with Crippen LogP contribution in [-0.4, -0.2) is 47.4 Å². The molecule has 0 fully saturated rings. The second-order valence-electron chi connectivity index (χ2n) is 17.5. The van der Waals surface area contributed by atoms with Gasteiger partial charge in [-0.05, 0) is 57.8 Å². The molecular weight excluding hydrogens is 719 g/mol. The van der Waals surface area contributed by atoms with Gasteiger partial charge >= 0.3 is 5.97 Å². The number of hydrogen-bond donors (Lipinski definition) is 3. The van der Waals surface area contributed by atoms with Crippen LogP contribution < -0.4 is 5.32 Å². The van der Waals surface area contributed by atoms with E-state index in [9.17, 15) is 19.8 Å². The summed E-state index contributed by atoms with van der Waals surface area (Å²) in [6, 6.07) is -0.644. The van der Waals surface area contributed by atoms with Gasteiger partial charge in [-0.2, -0.15) is 0 Å². The van der Waals surface area contributed by atoms with Gasteiger partial charge in [0, 0.05) is 12.8 Å². The predicted octanol–water partition coefficient (Wildman–Crippen LogP) is 15.1. The zero-order valence-corrected chi connectivity index (χ0v) is 38.8. The van der Waals surface area contributed by atoms with Crippen LogP contribution in [0.15, 0.2) is 24.3 Å². The number of hydrogen-bond acceptors (Lipinski definition) is 5. The van der Waals surface area contributed by atoms with Crippen molar-refractivity contribution >= 4 is 11.9 Å². The number of carbonyl (C=O) groups is 2. The molecule has 0 saturated carbocycles. The lowest BCUT2D eigenvalue weighted by atomic mass is 10.0. The molecule has 2 atom stereocenters. The summed E-state index contributed by atoms with van der Waals surface area (Å²) >= 11 is 0. The second-order valence-corrected chi connectivity index (χ2v) is 17.5. The summed E-state index contributed by atoms with van der Waals surface area (Å²) in [4.78, 5) is 24.5. The van der Waals surface area contributed by atoms with Crippen molar-refractivity contribution in [2.75, 3.05) is 13.2 Å². The van der Waals surface area contributed by atoms with Crippen LogP contribution >= 0.6 is 0 Å². The molecule has 0 aliphatic rings. The summed E-state index contributed by atoms with van der Waals surface area (Å²) < 4.78 is 5.45. The summed E-state index contributed by atoms with van der Waals surface area (Å²) in [6.07, 6.45) is 56.0. The third kappa shape index (κ3) is 43.9. The van der Waals surface area contributed by atoms with Gasteiger partial charge in [-0.3, -0.25) is 9.59 Å². The molecule has 342 valence electrons. The van der Waals surface area contributed by atoms with Crippen molar-refractivity contribution in [1.82, 2.24) is 5.32 Å². The zero-order valence-electron chi connectivity index (χ0n) is 38.8. The molecule has 0 aliphatic carbocycles. The summed E-state index contributed by atoms with van der Waals surface area (Å²) in [7, 11) is 0. The van der Waals surface area contributed by atoms with Crippen molar-refractivity contribution in [1.29, 1.82) is 0 Å². The normalized spacial score (nSPS) is 12.8. The molecule has 0 heterocycles. The fourth-order valence-electron chi connectivity index (χ4n) is 7.74. The Balaban J connectivity index is 3.52. The van der Waals surface area contributed by atoms with Gasteiger partial charge in [-0.25, -0.2) is 0 Å². The first-order chi connectivity index (χ1) is 28.5. The summed E-state index contributed by atoms with van der Waals surface area (Å²) in [5.41, 5.74) is 0. The van der Waals surface area contributed by atoms with E-state index in [0.29, 0.717) is 19.4 Å². The molecule has 58 heavy (non-hydrogen) atoms. The highest BCUT2D eigenvalue weighted by atomic mass is 16.5. The number of nitrogens with one attached hydrogen (secondary N) is 1. The van der Waals surface area contributed by atoms with Gasteiger partial charge < -0.3 is 20.3 Å². The van der Waals surface area contributed by atoms with Gasteiger partial charge in [0.25, 0.3) is 0 Å². The molecule has 0 rings (SSSR count). The lowest BCUT2D eigenvalue weighted by molar-refractivity contribution is -0.143. The Morgan fingerprint density at radius 1 is 0.466 bits per heavy atom. The Kier molecular flexibility index (Phi) is 46.6. The minimum absolute atomic E-state index is 0.0289. The Morgan fingerprint density at radius 3 is 1.22 bits per heavy atom. The van der Waals surface area contributed by atoms with Crippen LogP contribution in [0.2, 0.25) is 0 Å². The van der Waals surface area contributed by atoms with Crippen LogP contribution in [0, 0.1) is 0 Å². The van der Waals surface area contributed by atoms with Crippen molar-refractivity contribution in [3.05, 3.63) is 24.3 Å². The fraction of sp³-hybridized carbons (Fsp3) is 0.885. The van der Waals surface area contributed by atoms with Gasteiger partial charge in [0.1, 0.15) is 0 Å². The number of allylic oxidation sites excluding steroid dienone is 3. The highest BCUT2D eigenvalue weighted by Crippen LogP contribution is 2.15. The van der Waals surface area contributed by atoms with E-state index >= 15 is 0 Å². The number of rotatable bonds is 47. The lowest BCUT2D eigenvalue weighted by Crippen LogP contribution is -2.45. The van der Waals surface area contributed by atoms with Crippen LogP contribution in [0.5, 0.6) is 0 Å². The predicted molar refractivity (Wildman–Crippen MR) is 250 cm³/mol. The average Bonchev–Trinajstić information content (AvgIpc) is 3.22. The number of aliphatic hydroxyl groups excluding tert-OH is 2. The summed E-state index contributed by atoms with van der Waals surface area (Å²) in [5, 5.41) is 23.1. The Labute approximate surface area is 361 Å². The smallest absolute Gasteiger partial charge is 0.305 e. The summed E-state index contributed by atoms with van der Waals surface area (Å²) in [6.45, 7) is 4.84. The molecule has 0 saturated heterocycles. The minimum atomic E-state index is -0.859. The molecular formula is C52H99NO5. The van der Waals surface area contributed by atoms with Gasteiger partial charge in [-0.15, -0.1) is 0 Å². The van der Waals surface area contributed by atoms with E-state index in [2.05, 4.69) is 31.3 Å². The Bertz CT molecular complexity index is 904. The average molecular weight is 818 g/mol. The van der Waals surface area contributed by atoms with E-state index in [4.69, 9.17) is 4.74 Å². The minimum Gasteiger partial charge on any atom is -0.466 e. The lowest BCUT2D eigenvalue weighted by Gasteiger charge is -2.20. The SMILES string of the molecule is CCCCCCCC/C=C\CCCCCCCC(=O)OCCCCCCCCCCCCC(=O)NC(CO)C(O)/C=C/CCCCCCCCCCCCCCCC. The molecule has 6 heteroatoms. The highest BCUT2D eigenvalue weighted by molar-refractivity contribution is 5.76. The number of carbonyl (C=O) groups excluding carboxylic acids is 2. The van der Waals surface area contributed by atoms with Gasteiger partial charge in [-0.1, -0.05) is 224 Å². The number of unbranched alkanes of at least 4 members (excludes halogenated alkanes) is 34. The van der Waals surface area contributed by atoms with E-state index < -0.39 is 12.1 Å². The number of aliphatic hydroxyl groups is 2. The first kappa shape index (κ1) is 56.3. The zero-order chi connectivity index (χ0) is 42.3. The molecule has 0 aromatic heterocycles. The third-order valence-corrected chi connectivity index (χ3v) is 11.7. The van der Waals surface area contributed by atoms with Gasteiger partial charge in [0.2, 0.25) is 5.91 Å². The Hall–Kier alpha value is -1.66. The van der Waals surface area contributed by atoms with Crippen LogP contribution in [-0.2, 0) is 14.3 Å². The van der Waals surface area contributed by atoms with Crippen molar-refractivity contribution in [2.24, 2.45) is 0 Å². The fourth-order valence-corrected chi connectivity index (χ4v) is 7.74. The van der Waals surface area contributed by atoms with E-state index in [1.165, 1.54) is 186 Å². The van der Waals surface area contributed by atoms with Crippen molar-refractivity contribution in [3.63, 3.8) is 0 Å². The second kappa shape index (κ2) is 48.0. The largest absolute Gasteiger partial charge is 0.466 e. The molecule has 0 aliphatic heterocycles. The molecule has 0 spiro atoms. The number of esters is 1. The maximum absolute atomic E-state index is 12.4. The summed E-state index contributed by atoms with van der Waals surface area (Å²) in [5.74, 6) is -0.119. The molecule has 0 aromatic rings. The number of ether oxygens (including phenoxy) is 1. The molecule has 0 bridgehead atoms. The first-order valence-electron chi connectivity index (χ1n) is 25.6. The third-order valence-electron chi connectivity index (χ3n) is 11.7. The van der Waals surface area contributed by atoms with Crippen molar-refractivity contribution in [2.45, 2.75) is 283 Å². The van der Waals surface area contributed by atoms with E-state index in [1.54, 1.807) is 6.08 Å². The number of amides is 1. The van der Waals surface area contributed by atoms with Gasteiger partial charge in [0.15, 0.2) is 0 Å². The maximum atomic E-state index is 12.4. The molecule has 2 unspecified atom stereocenters. The topological polar surface area (TPSA) is 95.9 Å². The maximum Gasteiger partial charge on any atom is 0.305 e. The molecule has 1 amide bonds. The van der Waals surface area contributed by atoms with E-state index in [-0.39, 0.29) is 18.5 Å². The van der Waals surface area contributed by atoms with Crippen LogP contribution in [0.4, 0.5) is 0 Å².